The highest BCUT2D eigenvalue weighted by atomic mass is 32.1. The van der Waals surface area contributed by atoms with Gasteiger partial charge in [0.05, 0.1) is 6.10 Å². The van der Waals surface area contributed by atoms with Crippen LogP contribution in [0.5, 0.6) is 0 Å². The highest BCUT2D eigenvalue weighted by Gasteiger charge is 2.29. The van der Waals surface area contributed by atoms with Crippen LogP contribution in [0.4, 0.5) is 0 Å². The first-order chi connectivity index (χ1) is 7.31. The van der Waals surface area contributed by atoms with E-state index in [1.165, 1.54) is 19.3 Å². The largest absolute Gasteiger partial charge is 0.387 e. The van der Waals surface area contributed by atoms with Crippen molar-refractivity contribution >= 4 is 11.3 Å². The van der Waals surface area contributed by atoms with Gasteiger partial charge in [-0.05, 0) is 47.6 Å². The third kappa shape index (κ3) is 3.03. The lowest BCUT2D eigenvalue weighted by Gasteiger charge is -2.18. The summed E-state index contributed by atoms with van der Waals surface area (Å²) in [7, 11) is 0. The van der Waals surface area contributed by atoms with E-state index in [-0.39, 0.29) is 6.10 Å². The van der Waals surface area contributed by atoms with Crippen molar-refractivity contribution in [2.75, 3.05) is 6.54 Å². The van der Waals surface area contributed by atoms with E-state index in [9.17, 15) is 5.11 Å². The Kier molecular flexibility index (Phi) is 3.78. The van der Waals surface area contributed by atoms with Gasteiger partial charge in [-0.2, -0.15) is 11.3 Å². The Morgan fingerprint density at radius 1 is 1.60 bits per heavy atom. The molecule has 1 aliphatic carbocycles. The van der Waals surface area contributed by atoms with Crippen molar-refractivity contribution in [3.63, 3.8) is 0 Å². The lowest BCUT2D eigenvalue weighted by atomic mass is 10.1. The van der Waals surface area contributed by atoms with Crippen molar-refractivity contribution in [3.05, 3.63) is 22.4 Å². The van der Waals surface area contributed by atoms with E-state index in [4.69, 9.17) is 0 Å². The molecule has 0 aliphatic heterocycles. The molecule has 2 N–H and O–H groups in total. The summed E-state index contributed by atoms with van der Waals surface area (Å²) in [5.41, 5.74) is 1.04. The molecule has 0 spiro atoms. The SMILES string of the molecule is CCC(NCC(O)c1ccsc1)C1CC1. The van der Waals surface area contributed by atoms with Crippen molar-refractivity contribution in [3.8, 4) is 0 Å². The molecule has 1 aliphatic rings. The Morgan fingerprint density at radius 3 is 2.93 bits per heavy atom. The predicted molar refractivity (Wildman–Crippen MR) is 64.1 cm³/mol. The van der Waals surface area contributed by atoms with Crippen molar-refractivity contribution in [1.82, 2.24) is 5.32 Å². The van der Waals surface area contributed by atoms with Gasteiger partial charge in [-0.1, -0.05) is 6.92 Å². The maximum atomic E-state index is 9.90. The zero-order valence-electron chi connectivity index (χ0n) is 9.15. The summed E-state index contributed by atoms with van der Waals surface area (Å²) in [6.07, 6.45) is 3.55. The quantitative estimate of drug-likeness (QED) is 0.780. The Labute approximate surface area is 95.3 Å². The van der Waals surface area contributed by atoms with Crippen molar-refractivity contribution in [2.45, 2.75) is 38.3 Å². The molecule has 2 rings (SSSR count). The molecule has 15 heavy (non-hydrogen) atoms. The summed E-state index contributed by atoms with van der Waals surface area (Å²) < 4.78 is 0. The third-order valence-corrected chi connectivity index (χ3v) is 3.83. The van der Waals surface area contributed by atoms with Crippen LogP contribution in [0.1, 0.15) is 37.9 Å². The average molecular weight is 225 g/mol. The number of hydrogen-bond acceptors (Lipinski definition) is 3. The van der Waals surface area contributed by atoms with E-state index in [2.05, 4.69) is 12.2 Å². The summed E-state index contributed by atoms with van der Waals surface area (Å²) in [6, 6.07) is 2.60. The van der Waals surface area contributed by atoms with Crippen LogP contribution in [0.2, 0.25) is 0 Å². The van der Waals surface area contributed by atoms with Gasteiger partial charge in [-0.3, -0.25) is 0 Å². The number of hydrogen-bond donors (Lipinski definition) is 2. The molecule has 2 nitrogen and oxygen atoms in total. The Morgan fingerprint density at radius 2 is 2.40 bits per heavy atom. The van der Waals surface area contributed by atoms with E-state index in [0.717, 1.165) is 11.5 Å². The standard InChI is InChI=1S/C12H19NOS/c1-2-11(9-3-4-9)13-7-12(14)10-5-6-15-8-10/h5-6,8-9,11-14H,2-4,7H2,1H3. The van der Waals surface area contributed by atoms with E-state index in [0.29, 0.717) is 12.6 Å². The van der Waals surface area contributed by atoms with E-state index in [1.54, 1.807) is 11.3 Å². The zero-order valence-corrected chi connectivity index (χ0v) is 9.96. The summed E-state index contributed by atoms with van der Waals surface area (Å²) in [5.74, 6) is 0.865. The Hall–Kier alpha value is -0.380. The minimum absolute atomic E-state index is 0.343. The second kappa shape index (κ2) is 5.10. The Bertz CT molecular complexity index is 282. The van der Waals surface area contributed by atoms with Gasteiger partial charge in [-0.15, -0.1) is 0 Å². The molecular formula is C12H19NOS. The van der Waals surface area contributed by atoms with E-state index < -0.39 is 0 Å². The van der Waals surface area contributed by atoms with E-state index in [1.807, 2.05) is 16.8 Å². The predicted octanol–water partition coefficient (Wildman–Crippen LogP) is 2.56. The summed E-state index contributed by atoms with van der Waals surface area (Å²) in [4.78, 5) is 0. The average Bonchev–Trinajstić information content (AvgIpc) is 2.94. The van der Waals surface area contributed by atoms with Crippen LogP contribution < -0.4 is 5.32 Å². The van der Waals surface area contributed by atoms with Gasteiger partial charge in [0, 0.05) is 12.6 Å². The van der Waals surface area contributed by atoms with Crippen LogP contribution in [0.25, 0.3) is 0 Å². The molecule has 0 aromatic carbocycles. The fourth-order valence-electron chi connectivity index (χ4n) is 1.99. The number of aliphatic hydroxyl groups excluding tert-OH is 1. The zero-order chi connectivity index (χ0) is 10.7. The first-order valence-electron chi connectivity index (χ1n) is 5.74. The number of aliphatic hydroxyl groups is 1. The second-order valence-electron chi connectivity index (χ2n) is 4.33. The van der Waals surface area contributed by atoms with Crippen LogP contribution >= 0.6 is 11.3 Å². The minimum atomic E-state index is -0.343. The van der Waals surface area contributed by atoms with Crippen LogP contribution in [-0.4, -0.2) is 17.7 Å². The molecule has 3 heteroatoms. The lowest BCUT2D eigenvalue weighted by molar-refractivity contribution is 0.168. The fourth-order valence-corrected chi connectivity index (χ4v) is 2.70. The maximum Gasteiger partial charge on any atom is 0.0922 e. The maximum absolute atomic E-state index is 9.90. The van der Waals surface area contributed by atoms with Crippen molar-refractivity contribution < 1.29 is 5.11 Å². The molecule has 2 atom stereocenters. The molecule has 0 radical (unpaired) electrons. The first kappa shape index (κ1) is 11.1. The lowest BCUT2D eigenvalue weighted by Crippen LogP contribution is -2.33. The molecule has 0 bridgehead atoms. The molecule has 2 unspecified atom stereocenters. The molecular weight excluding hydrogens is 206 g/mol. The van der Waals surface area contributed by atoms with Gasteiger partial charge in [0.25, 0.3) is 0 Å². The van der Waals surface area contributed by atoms with Crippen molar-refractivity contribution in [2.24, 2.45) is 5.92 Å². The van der Waals surface area contributed by atoms with Gasteiger partial charge in [-0.25, -0.2) is 0 Å². The molecule has 1 heterocycles. The van der Waals surface area contributed by atoms with Gasteiger partial charge in [0.1, 0.15) is 0 Å². The smallest absolute Gasteiger partial charge is 0.0922 e. The Balaban J connectivity index is 1.76. The summed E-state index contributed by atoms with van der Waals surface area (Å²) in [6.45, 7) is 2.90. The number of rotatable bonds is 6. The molecule has 84 valence electrons. The molecule has 1 aromatic heterocycles. The van der Waals surface area contributed by atoms with Crippen LogP contribution in [0, 0.1) is 5.92 Å². The molecule has 1 aromatic rings. The third-order valence-electron chi connectivity index (χ3n) is 3.13. The van der Waals surface area contributed by atoms with Crippen LogP contribution in [0.3, 0.4) is 0 Å². The minimum Gasteiger partial charge on any atom is -0.387 e. The molecule has 1 saturated carbocycles. The van der Waals surface area contributed by atoms with Gasteiger partial charge in [0.2, 0.25) is 0 Å². The van der Waals surface area contributed by atoms with Gasteiger partial charge >= 0.3 is 0 Å². The van der Waals surface area contributed by atoms with E-state index >= 15 is 0 Å². The monoisotopic (exact) mass is 225 g/mol. The summed E-state index contributed by atoms with van der Waals surface area (Å²) >= 11 is 1.64. The van der Waals surface area contributed by atoms with Gasteiger partial charge < -0.3 is 10.4 Å². The highest BCUT2D eigenvalue weighted by molar-refractivity contribution is 7.07. The van der Waals surface area contributed by atoms with Crippen LogP contribution in [-0.2, 0) is 0 Å². The molecule has 1 fully saturated rings. The second-order valence-corrected chi connectivity index (χ2v) is 5.11. The summed E-state index contributed by atoms with van der Waals surface area (Å²) in [5, 5.41) is 17.4. The van der Waals surface area contributed by atoms with Crippen LogP contribution in [0.15, 0.2) is 16.8 Å². The van der Waals surface area contributed by atoms with Crippen molar-refractivity contribution in [1.29, 1.82) is 0 Å². The van der Waals surface area contributed by atoms with Gasteiger partial charge in [0.15, 0.2) is 0 Å². The number of thiophene rings is 1. The first-order valence-corrected chi connectivity index (χ1v) is 6.69. The molecule has 0 amide bonds. The molecule has 0 saturated heterocycles. The number of nitrogens with one attached hydrogen (secondary N) is 1. The fraction of sp³-hybridized carbons (Fsp3) is 0.667. The normalized spacial score (nSPS) is 20.1. The highest BCUT2D eigenvalue weighted by Crippen LogP contribution is 2.34. The topological polar surface area (TPSA) is 32.3 Å².